The lowest BCUT2D eigenvalue weighted by Gasteiger charge is -2.10. The number of rotatable bonds is 6. The highest BCUT2D eigenvalue weighted by molar-refractivity contribution is 7.13. The highest BCUT2D eigenvalue weighted by atomic mass is 32.1. The largest absolute Gasteiger partial charge is 0.310 e. The molecular formula is C22H20FN5O2S. The van der Waals surface area contributed by atoms with Gasteiger partial charge in [0, 0.05) is 17.3 Å². The number of hydrogen-bond donors (Lipinski definition) is 2. The zero-order valence-corrected chi connectivity index (χ0v) is 17.8. The third-order valence-electron chi connectivity index (χ3n) is 4.79. The number of H-pyrrole nitrogens is 1. The summed E-state index contributed by atoms with van der Waals surface area (Å²) in [6, 6.07) is 11.3. The first kappa shape index (κ1) is 20.7. The number of aromatic nitrogens is 4. The van der Waals surface area contributed by atoms with Gasteiger partial charge in [0.25, 0.3) is 5.56 Å². The molecule has 7 nitrogen and oxygen atoms in total. The lowest BCUT2D eigenvalue weighted by Crippen LogP contribution is -2.22. The maximum absolute atomic E-state index is 13.1. The lowest BCUT2D eigenvalue weighted by molar-refractivity contribution is -0.115. The minimum atomic E-state index is -0.358. The minimum absolute atomic E-state index is 0.0670. The summed E-state index contributed by atoms with van der Waals surface area (Å²) in [6.07, 6.45) is 0.632. The molecule has 0 aliphatic carbocycles. The van der Waals surface area contributed by atoms with Crippen LogP contribution in [0.5, 0.6) is 0 Å². The molecule has 0 radical (unpaired) electrons. The number of hydrogen-bond acceptors (Lipinski definition) is 5. The van der Waals surface area contributed by atoms with E-state index in [1.807, 2.05) is 24.4 Å². The molecule has 0 saturated carbocycles. The monoisotopic (exact) mass is 437 g/mol. The van der Waals surface area contributed by atoms with Crippen LogP contribution in [0, 0.1) is 12.7 Å². The van der Waals surface area contributed by atoms with Crippen molar-refractivity contribution in [3.05, 3.63) is 80.8 Å². The Labute approximate surface area is 181 Å². The van der Waals surface area contributed by atoms with Gasteiger partial charge in [-0.2, -0.15) is 9.78 Å². The maximum atomic E-state index is 13.1. The predicted octanol–water partition coefficient (Wildman–Crippen LogP) is 3.88. The molecule has 4 rings (SSSR count). The number of nitrogens with one attached hydrogen (secondary N) is 2. The van der Waals surface area contributed by atoms with E-state index in [2.05, 4.69) is 20.4 Å². The first-order valence-electron chi connectivity index (χ1n) is 9.73. The first-order valence-corrected chi connectivity index (χ1v) is 10.6. The van der Waals surface area contributed by atoms with Crippen LogP contribution in [0.4, 0.5) is 10.2 Å². The van der Waals surface area contributed by atoms with E-state index in [0.717, 1.165) is 4.88 Å². The number of carbonyl (C=O) groups excluding carboxylic acids is 1. The molecule has 3 heterocycles. The molecule has 0 fully saturated rings. The molecule has 1 aromatic carbocycles. The van der Waals surface area contributed by atoms with E-state index in [1.165, 1.54) is 28.2 Å². The maximum Gasteiger partial charge on any atom is 0.255 e. The van der Waals surface area contributed by atoms with Gasteiger partial charge in [-0.05, 0) is 42.5 Å². The quantitative estimate of drug-likeness (QED) is 0.479. The second-order valence-corrected chi connectivity index (χ2v) is 7.91. The van der Waals surface area contributed by atoms with Crippen molar-refractivity contribution in [3.8, 4) is 16.5 Å². The van der Waals surface area contributed by atoms with Crippen molar-refractivity contribution in [2.24, 2.45) is 0 Å². The van der Waals surface area contributed by atoms with Gasteiger partial charge < -0.3 is 5.32 Å². The van der Waals surface area contributed by atoms with Gasteiger partial charge in [0.2, 0.25) is 11.9 Å². The highest BCUT2D eigenvalue weighted by Crippen LogP contribution is 2.27. The highest BCUT2D eigenvalue weighted by Gasteiger charge is 2.17. The summed E-state index contributed by atoms with van der Waals surface area (Å²) in [4.78, 5) is 33.3. The number of aryl methyl sites for hydroxylation is 1. The summed E-state index contributed by atoms with van der Waals surface area (Å²) < 4.78 is 14.5. The summed E-state index contributed by atoms with van der Waals surface area (Å²) in [7, 11) is 0. The molecule has 2 N–H and O–H groups in total. The van der Waals surface area contributed by atoms with Crippen LogP contribution in [0.15, 0.2) is 52.6 Å². The molecule has 0 bridgehead atoms. The molecule has 9 heteroatoms. The molecular weight excluding hydrogens is 417 g/mol. The minimum Gasteiger partial charge on any atom is -0.310 e. The van der Waals surface area contributed by atoms with E-state index < -0.39 is 0 Å². The number of nitrogens with zero attached hydrogens (tertiary/aromatic N) is 3. The topological polar surface area (TPSA) is 92.7 Å². The SMILES string of the molecule is CCc1c(C)nc(-n2nc(-c3cccs3)cc2NC(=O)Cc2ccc(F)cc2)[nH]c1=O. The van der Waals surface area contributed by atoms with E-state index >= 15 is 0 Å². The van der Waals surface area contributed by atoms with Crippen LogP contribution in [0.2, 0.25) is 0 Å². The average molecular weight is 438 g/mol. The summed E-state index contributed by atoms with van der Waals surface area (Å²) in [5.74, 6) is -0.0552. The van der Waals surface area contributed by atoms with Gasteiger partial charge in [-0.15, -0.1) is 11.3 Å². The Morgan fingerprint density at radius 3 is 2.68 bits per heavy atom. The number of thiophene rings is 1. The van der Waals surface area contributed by atoms with Gasteiger partial charge in [0.15, 0.2) is 0 Å². The van der Waals surface area contributed by atoms with Crippen molar-refractivity contribution in [2.75, 3.05) is 5.32 Å². The lowest BCUT2D eigenvalue weighted by atomic mass is 10.1. The molecule has 0 unspecified atom stereocenters. The molecule has 158 valence electrons. The zero-order valence-electron chi connectivity index (χ0n) is 17.0. The summed E-state index contributed by atoms with van der Waals surface area (Å²) in [5, 5.41) is 9.33. The third kappa shape index (κ3) is 4.46. The van der Waals surface area contributed by atoms with Crippen molar-refractivity contribution >= 4 is 23.1 Å². The van der Waals surface area contributed by atoms with Gasteiger partial charge in [-0.1, -0.05) is 25.1 Å². The Kier molecular flexibility index (Phi) is 5.77. The second-order valence-electron chi connectivity index (χ2n) is 6.96. The second kappa shape index (κ2) is 8.65. The van der Waals surface area contributed by atoms with Gasteiger partial charge >= 0.3 is 0 Å². The van der Waals surface area contributed by atoms with Crippen molar-refractivity contribution in [3.63, 3.8) is 0 Å². The Balaban J connectivity index is 1.70. The van der Waals surface area contributed by atoms with Gasteiger partial charge in [0.1, 0.15) is 17.3 Å². The van der Waals surface area contributed by atoms with Crippen LogP contribution >= 0.6 is 11.3 Å². The van der Waals surface area contributed by atoms with Crippen LogP contribution in [0.25, 0.3) is 16.5 Å². The Bertz CT molecular complexity index is 1280. The van der Waals surface area contributed by atoms with Crippen LogP contribution < -0.4 is 10.9 Å². The fourth-order valence-electron chi connectivity index (χ4n) is 3.26. The number of carbonyl (C=O) groups is 1. The number of aromatic amines is 1. The van der Waals surface area contributed by atoms with Gasteiger partial charge in [-0.25, -0.2) is 9.37 Å². The molecule has 1 amide bonds. The van der Waals surface area contributed by atoms with Crippen molar-refractivity contribution in [1.29, 1.82) is 0 Å². The summed E-state index contributed by atoms with van der Waals surface area (Å²) in [6.45, 7) is 3.66. The van der Waals surface area contributed by atoms with E-state index in [-0.39, 0.29) is 29.7 Å². The van der Waals surface area contributed by atoms with Crippen LogP contribution in [0.1, 0.15) is 23.7 Å². The Morgan fingerprint density at radius 1 is 1.26 bits per heavy atom. The smallest absolute Gasteiger partial charge is 0.255 e. The first-order chi connectivity index (χ1) is 14.9. The zero-order chi connectivity index (χ0) is 22.0. The number of amides is 1. The van der Waals surface area contributed by atoms with Gasteiger partial charge in [0.05, 0.1) is 11.3 Å². The van der Waals surface area contributed by atoms with Crippen molar-refractivity contribution in [2.45, 2.75) is 26.7 Å². The van der Waals surface area contributed by atoms with Crippen LogP contribution in [-0.2, 0) is 17.6 Å². The van der Waals surface area contributed by atoms with Crippen molar-refractivity contribution < 1.29 is 9.18 Å². The van der Waals surface area contributed by atoms with Crippen LogP contribution in [-0.4, -0.2) is 25.7 Å². The van der Waals surface area contributed by atoms with E-state index in [4.69, 9.17) is 0 Å². The average Bonchev–Trinajstić information content (AvgIpc) is 3.39. The Hall–Kier alpha value is -3.59. The molecule has 0 aliphatic rings. The molecule has 0 aliphatic heterocycles. The van der Waals surface area contributed by atoms with E-state index in [9.17, 15) is 14.0 Å². The molecule has 0 atom stereocenters. The van der Waals surface area contributed by atoms with E-state index in [1.54, 1.807) is 25.1 Å². The van der Waals surface area contributed by atoms with Gasteiger partial charge in [-0.3, -0.25) is 14.6 Å². The fourth-order valence-corrected chi connectivity index (χ4v) is 3.94. The van der Waals surface area contributed by atoms with E-state index in [0.29, 0.717) is 34.8 Å². The molecule has 0 saturated heterocycles. The molecule has 3 aromatic heterocycles. The van der Waals surface area contributed by atoms with Crippen LogP contribution in [0.3, 0.4) is 0 Å². The van der Waals surface area contributed by atoms with Crippen molar-refractivity contribution in [1.82, 2.24) is 19.7 Å². The predicted molar refractivity (Wildman–Crippen MR) is 118 cm³/mol. The summed E-state index contributed by atoms with van der Waals surface area (Å²) in [5.41, 5.74) is 2.31. The number of anilines is 1. The molecule has 0 spiro atoms. The number of benzene rings is 1. The number of halogens is 1. The molecule has 31 heavy (non-hydrogen) atoms. The normalized spacial score (nSPS) is 10.9. The fraction of sp³-hybridized carbons (Fsp3) is 0.182. The standard InChI is InChI=1S/C22H20FN5O2S/c1-3-16-13(2)24-22(26-21(16)30)28-19(12-17(27-28)18-5-4-10-31-18)25-20(29)11-14-6-8-15(23)9-7-14/h4-10,12H,3,11H2,1-2H3,(H,25,29)(H,24,26,30). The Morgan fingerprint density at radius 2 is 2.03 bits per heavy atom. The third-order valence-corrected chi connectivity index (χ3v) is 5.68. The molecule has 4 aromatic rings. The summed E-state index contributed by atoms with van der Waals surface area (Å²) >= 11 is 1.51.